The minimum absolute atomic E-state index is 0.0617. The van der Waals surface area contributed by atoms with Crippen molar-refractivity contribution < 1.29 is 9.68 Å². The monoisotopic (exact) mass is 1270 g/mol. The molecule has 2 nitrogen and oxygen atoms in total. The summed E-state index contributed by atoms with van der Waals surface area (Å²) in [5.74, 6) is 0.670. The summed E-state index contributed by atoms with van der Waals surface area (Å²) in [4.78, 5) is 0. The lowest BCUT2D eigenvalue weighted by Crippen LogP contribution is -2.15. The second-order valence-electron chi connectivity index (χ2n) is 25.9. The molecule has 0 aromatic heterocycles. The zero-order chi connectivity index (χ0) is 63.7. The molecular formula is C90H65BBrO2. The average molecular weight is 1270 g/mol. The maximum absolute atomic E-state index is 9.32. The van der Waals surface area contributed by atoms with Crippen molar-refractivity contribution in [3.63, 3.8) is 0 Å². The molecule has 0 amide bonds. The SMILES string of the molecule is CC1(C)c2ccc(-c3c4ccccc4c(-c4ccc(-c5ccccc5)cc4)c4ccccc34)cc2-c2ccc3ccccc3c21.CC1(C)c2ccc(Br)cc2-c2ccc3ccccc3c21.O[B]Oc1c2ccccc2c(-c2ccc(-c3ccccc3)cc2)c2ccccc12. The molecular weight excluding hydrogens is 1200 g/mol. The number of halogens is 1. The molecule has 0 unspecified atom stereocenters. The number of rotatable bonds is 7. The summed E-state index contributed by atoms with van der Waals surface area (Å²) in [5, 5.41) is 24.0. The highest BCUT2D eigenvalue weighted by Crippen LogP contribution is 2.55. The summed E-state index contributed by atoms with van der Waals surface area (Å²) in [5.41, 5.74) is 23.5. The molecule has 2 aliphatic carbocycles. The summed E-state index contributed by atoms with van der Waals surface area (Å²) in [7, 11) is 0.753. The molecule has 0 fully saturated rings. The normalized spacial score (nSPS) is 13.0. The first kappa shape index (κ1) is 58.5. The summed E-state index contributed by atoms with van der Waals surface area (Å²) in [6, 6.07) is 114. The van der Waals surface area contributed by atoms with Crippen LogP contribution in [0.3, 0.4) is 0 Å². The average Bonchev–Trinajstić information content (AvgIpc) is 1.51. The predicted molar refractivity (Wildman–Crippen MR) is 403 cm³/mol. The number of benzene rings is 16. The van der Waals surface area contributed by atoms with Gasteiger partial charge in [-0.25, -0.2) is 0 Å². The Labute approximate surface area is 558 Å². The minimum atomic E-state index is -0.0655. The fraction of sp³-hybridized carbons (Fsp3) is 0.0667. The Morgan fingerprint density at radius 2 is 0.585 bits per heavy atom. The van der Waals surface area contributed by atoms with Crippen LogP contribution in [-0.2, 0) is 10.8 Å². The first-order valence-corrected chi connectivity index (χ1v) is 33.2. The van der Waals surface area contributed by atoms with E-state index >= 15 is 0 Å². The lowest BCUT2D eigenvalue weighted by atomic mass is 9.80. The Morgan fingerprint density at radius 1 is 0.277 bits per heavy atom. The van der Waals surface area contributed by atoms with Gasteiger partial charge in [-0.3, -0.25) is 0 Å². The molecule has 2 aliphatic rings. The smallest absolute Gasteiger partial charge is 0.537 e. The van der Waals surface area contributed by atoms with Crippen LogP contribution in [0.1, 0.15) is 49.9 Å². The van der Waals surface area contributed by atoms with E-state index in [0.29, 0.717) is 5.75 Å². The molecule has 0 spiro atoms. The van der Waals surface area contributed by atoms with Crippen LogP contribution in [0.15, 0.2) is 320 Å². The van der Waals surface area contributed by atoms with E-state index in [1.165, 1.54) is 138 Å². The van der Waals surface area contributed by atoms with E-state index in [9.17, 15) is 5.02 Å². The van der Waals surface area contributed by atoms with Crippen molar-refractivity contribution in [3.8, 4) is 83.6 Å². The van der Waals surface area contributed by atoms with Crippen LogP contribution in [0.25, 0.3) is 143 Å². The molecule has 94 heavy (non-hydrogen) atoms. The molecule has 1 N–H and O–H groups in total. The van der Waals surface area contributed by atoms with Crippen molar-refractivity contribution >= 4 is 88.2 Å². The van der Waals surface area contributed by atoms with Gasteiger partial charge in [-0.15, -0.1) is 0 Å². The molecule has 16 aromatic carbocycles. The molecule has 0 bridgehead atoms. The van der Waals surface area contributed by atoms with Gasteiger partial charge < -0.3 is 9.68 Å². The molecule has 0 saturated heterocycles. The molecule has 0 aliphatic heterocycles. The van der Waals surface area contributed by atoms with Crippen molar-refractivity contribution in [1.82, 2.24) is 0 Å². The fourth-order valence-corrected chi connectivity index (χ4v) is 16.0. The van der Waals surface area contributed by atoms with Gasteiger partial charge in [0.2, 0.25) is 0 Å². The summed E-state index contributed by atoms with van der Waals surface area (Å²) in [6.45, 7) is 9.43. The van der Waals surface area contributed by atoms with Gasteiger partial charge in [0.15, 0.2) is 0 Å². The molecule has 4 heteroatoms. The molecule has 447 valence electrons. The van der Waals surface area contributed by atoms with Crippen molar-refractivity contribution in [2.75, 3.05) is 0 Å². The van der Waals surface area contributed by atoms with E-state index in [2.05, 4.69) is 317 Å². The first-order chi connectivity index (χ1) is 46.0. The Kier molecular flexibility index (Phi) is 14.8. The Morgan fingerprint density at radius 3 is 1.00 bits per heavy atom. The van der Waals surface area contributed by atoms with Crippen molar-refractivity contribution in [3.05, 3.63) is 342 Å². The molecule has 18 rings (SSSR count). The van der Waals surface area contributed by atoms with Crippen LogP contribution in [0.5, 0.6) is 5.75 Å². The van der Waals surface area contributed by atoms with Crippen LogP contribution in [-0.4, -0.2) is 12.7 Å². The fourth-order valence-electron chi connectivity index (χ4n) is 15.6. The first-order valence-electron chi connectivity index (χ1n) is 32.4. The maximum Gasteiger partial charge on any atom is 0.569 e. The molecule has 16 aromatic rings. The zero-order valence-electron chi connectivity index (χ0n) is 52.8. The minimum Gasteiger partial charge on any atom is -0.537 e. The van der Waals surface area contributed by atoms with Gasteiger partial charge in [0.1, 0.15) is 5.75 Å². The Bertz CT molecular complexity index is 5500. The van der Waals surface area contributed by atoms with Crippen LogP contribution < -0.4 is 4.65 Å². The second kappa shape index (κ2) is 23.8. The van der Waals surface area contributed by atoms with Crippen molar-refractivity contribution in [2.24, 2.45) is 0 Å². The van der Waals surface area contributed by atoms with E-state index in [-0.39, 0.29) is 10.8 Å². The molecule has 1 radical (unpaired) electrons. The zero-order valence-corrected chi connectivity index (χ0v) is 54.4. The van der Waals surface area contributed by atoms with Gasteiger partial charge in [0.05, 0.1) is 0 Å². The third-order valence-electron chi connectivity index (χ3n) is 19.9. The quantitative estimate of drug-likeness (QED) is 0.127. The lowest BCUT2D eigenvalue weighted by molar-refractivity contribution is 0.459. The van der Waals surface area contributed by atoms with Gasteiger partial charge in [0, 0.05) is 26.1 Å². The number of hydrogen-bond donors (Lipinski definition) is 1. The Balaban J connectivity index is 0.000000122. The van der Waals surface area contributed by atoms with Gasteiger partial charge in [-0.05, 0) is 172 Å². The topological polar surface area (TPSA) is 29.5 Å². The summed E-state index contributed by atoms with van der Waals surface area (Å²) < 4.78 is 6.68. The lowest BCUT2D eigenvalue weighted by Gasteiger charge is -2.23. The third-order valence-corrected chi connectivity index (χ3v) is 20.4. The van der Waals surface area contributed by atoms with E-state index in [0.717, 1.165) is 39.3 Å². The maximum atomic E-state index is 9.32. The molecule has 0 atom stereocenters. The highest BCUT2D eigenvalue weighted by Gasteiger charge is 2.38. The largest absolute Gasteiger partial charge is 0.569 e. The van der Waals surface area contributed by atoms with Gasteiger partial charge in [-0.2, -0.15) is 0 Å². The molecule has 0 heterocycles. The van der Waals surface area contributed by atoms with Gasteiger partial charge in [0.25, 0.3) is 0 Å². The van der Waals surface area contributed by atoms with E-state index in [4.69, 9.17) is 4.65 Å². The highest BCUT2D eigenvalue weighted by molar-refractivity contribution is 9.10. The van der Waals surface area contributed by atoms with Gasteiger partial charge in [-0.1, -0.05) is 341 Å². The molecule has 0 saturated carbocycles. The number of fused-ring (bicyclic) bond motifs is 14. The second-order valence-corrected chi connectivity index (χ2v) is 26.8. The predicted octanol–water partition coefficient (Wildman–Crippen LogP) is 24.6. The standard InChI is InChI=1S/C45H32.C26H18BO2.C19H15Br/c1-45(2)41-27-25-33(28-40(41)39-26-24-31-14-6-7-15-34(31)44(39)45)43-37-18-10-8-16-35(37)42(36-17-9-11-19-38(36)43)32-22-20-30(21-23-32)29-12-4-3-5-13-29;28-27-29-26-23-12-6-4-10-21(23)25(22-11-5-7-13-24(22)26)20-16-14-19(15-17-20)18-8-2-1-3-9-18;1-19(2)17-10-8-13(20)11-16(17)15-9-7-12-5-3-4-6-14(12)18(15)19/h3-28H,1-2H3;1-17,28H;3-11H,1-2H3. The summed E-state index contributed by atoms with van der Waals surface area (Å²) >= 11 is 3.60. The summed E-state index contributed by atoms with van der Waals surface area (Å²) in [6.07, 6.45) is 0. The van der Waals surface area contributed by atoms with Gasteiger partial charge >= 0.3 is 7.69 Å². The van der Waals surface area contributed by atoms with Crippen LogP contribution in [0.2, 0.25) is 0 Å². The van der Waals surface area contributed by atoms with E-state index in [1.807, 2.05) is 42.5 Å². The van der Waals surface area contributed by atoms with Crippen LogP contribution in [0, 0.1) is 0 Å². The van der Waals surface area contributed by atoms with Crippen molar-refractivity contribution in [1.29, 1.82) is 0 Å². The van der Waals surface area contributed by atoms with E-state index < -0.39 is 0 Å². The third kappa shape index (κ3) is 9.91. The number of hydrogen-bond acceptors (Lipinski definition) is 2. The van der Waals surface area contributed by atoms with Crippen LogP contribution in [0.4, 0.5) is 0 Å². The highest BCUT2D eigenvalue weighted by atomic mass is 79.9. The Hall–Kier alpha value is -10.6. The van der Waals surface area contributed by atoms with Crippen LogP contribution >= 0.6 is 15.9 Å². The van der Waals surface area contributed by atoms with Crippen molar-refractivity contribution in [2.45, 2.75) is 38.5 Å². The van der Waals surface area contributed by atoms with E-state index in [1.54, 1.807) is 0 Å².